The summed E-state index contributed by atoms with van der Waals surface area (Å²) >= 11 is 0. The fourth-order valence-corrected chi connectivity index (χ4v) is 2.05. The Bertz CT molecular complexity index is 226. The number of carbonyl (C=O) groups excluding carboxylic acids is 1. The molecule has 0 spiro atoms. The van der Waals surface area contributed by atoms with E-state index in [1.54, 1.807) is 0 Å². The molecule has 0 aromatic carbocycles. The molecule has 0 aromatic rings. The summed E-state index contributed by atoms with van der Waals surface area (Å²) in [4.78, 5) is 11.6. The van der Waals surface area contributed by atoms with Crippen LogP contribution in [0.25, 0.3) is 0 Å². The molecule has 3 heteroatoms. The van der Waals surface area contributed by atoms with Crippen LogP contribution >= 0.6 is 0 Å². The van der Waals surface area contributed by atoms with E-state index in [1.165, 1.54) is 25.7 Å². The number of carbonyl (C=O) groups is 1. The zero-order valence-electron chi connectivity index (χ0n) is 11.3. The Kier molecular flexibility index (Phi) is 6.56. The number of esters is 1. The van der Waals surface area contributed by atoms with Gasteiger partial charge < -0.3 is 10.5 Å². The maximum atomic E-state index is 11.6. The molecule has 0 amide bonds. The zero-order valence-corrected chi connectivity index (χ0v) is 11.3. The molecule has 0 aliphatic heterocycles. The van der Waals surface area contributed by atoms with Gasteiger partial charge in [-0.25, -0.2) is 0 Å². The average Bonchev–Trinajstić information content (AvgIpc) is 3.13. The van der Waals surface area contributed by atoms with E-state index in [4.69, 9.17) is 10.5 Å². The first kappa shape index (κ1) is 14.5. The summed E-state index contributed by atoms with van der Waals surface area (Å²) in [7, 11) is 0. The first-order chi connectivity index (χ1) is 8.17. The lowest BCUT2D eigenvalue weighted by Gasteiger charge is -2.15. The van der Waals surface area contributed by atoms with Gasteiger partial charge in [0, 0.05) is 6.04 Å². The van der Waals surface area contributed by atoms with Gasteiger partial charge in [-0.15, -0.1) is 0 Å². The summed E-state index contributed by atoms with van der Waals surface area (Å²) in [6, 6.07) is 0.0261. The van der Waals surface area contributed by atoms with E-state index in [-0.39, 0.29) is 12.0 Å². The summed E-state index contributed by atoms with van der Waals surface area (Å²) in [6.07, 6.45) is 7.44. The Morgan fingerprint density at radius 1 is 1.41 bits per heavy atom. The molecule has 1 fully saturated rings. The molecule has 0 saturated heterocycles. The van der Waals surface area contributed by atoms with E-state index in [0.29, 0.717) is 24.9 Å². The SMILES string of the molecule is CCCCC(CC)COC(=O)CC(N)C1CC1. The topological polar surface area (TPSA) is 52.3 Å². The van der Waals surface area contributed by atoms with Crippen LogP contribution in [0.5, 0.6) is 0 Å². The third-order valence-electron chi connectivity index (χ3n) is 3.65. The van der Waals surface area contributed by atoms with Crippen LogP contribution in [0.1, 0.15) is 58.8 Å². The minimum atomic E-state index is -0.112. The molecule has 1 rings (SSSR count). The molecule has 1 saturated carbocycles. The first-order valence-electron chi connectivity index (χ1n) is 7.08. The number of rotatable bonds is 9. The Labute approximate surface area is 105 Å². The predicted molar refractivity (Wildman–Crippen MR) is 69.6 cm³/mol. The van der Waals surface area contributed by atoms with Crippen molar-refractivity contribution in [1.29, 1.82) is 0 Å². The molecule has 0 aromatic heterocycles. The highest BCUT2D eigenvalue weighted by Crippen LogP contribution is 2.32. The van der Waals surface area contributed by atoms with E-state index in [2.05, 4.69) is 13.8 Å². The fourth-order valence-electron chi connectivity index (χ4n) is 2.05. The highest BCUT2D eigenvalue weighted by atomic mass is 16.5. The fraction of sp³-hybridized carbons (Fsp3) is 0.929. The van der Waals surface area contributed by atoms with Crippen molar-refractivity contribution in [2.45, 2.75) is 64.8 Å². The molecule has 2 N–H and O–H groups in total. The van der Waals surface area contributed by atoms with Gasteiger partial charge in [-0.2, -0.15) is 0 Å². The van der Waals surface area contributed by atoms with Gasteiger partial charge in [0.1, 0.15) is 0 Å². The van der Waals surface area contributed by atoms with Crippen molar-refractivity contribution < 1.29 is 9.53 Å². The maximum Gasteiger partial charge on any atom is 0.307 e. The van der Waals surface area contributed by atoms with Crippen molar-refractivity contribution in [2.75, 3.05) is 6.61 Å². The van der Waals surface area contributed by atoms with Crippen molar-refractivity contribution in [3.63, 3.8) is 0 Å². The molecule has 1 aliphatic rings. The Morgan fingerprint density at radius 2 is 2.12 bits per heavy atom. The predicted octanol–water partition coefficient (Wildman–Crippen LogP) is 2.87. The first-order valence-corrected chi connectivity index (χ1v) is 7.08. The van der Waals surface area contributed by atoms with Gasteiger partial charge in [0.15, 0.2) is 0 Å². The Balaban J connectivity index is 2.11. The van der Waals surface area contributed by atoms with E-state index >= 15 is 0 Å². The summed E-state index contributed by atoms with van der Waals surface area (Å²) in [5, 5.41) is 0. The van der Waals surface area contributed by atoms with Gasteiger partial charge in [0.2, 0.25) is 0 Å². The zero-order chi connectivity index (χ0) is 12.7. The largest absolute Gasteiger partial charge is 0.465 e. The number of unbranched alkanes of at least 4 members (excludes halogenated alkanes) is 1. The molecule has 0 radical (unpaired) electrons. The average molecular weight is 241 g/mol. The van der Waals surface area contributed by atoms with Gasteiger partial charge in [-0.1, -0.05) is 33.1 Å². The summed E-state index contributed by atoms with van der Waals surface area (Å²) in [5.74, 6) is 0.986. The molecule has 2 unspecified atom stereocenters. The minimum Gasteiger partial charge on any atom is -0.465 e. The second kappa shape index (κ2) is 7.70. The number of hydrogen-bond donors (Lipinski definition) is 1. The number of ether oxygens (including phenoxy) is 1. The van der Waals surface area contributed by atoms with E-state index in [0.717, 1.165) is 12.8 Å². The standard InChI is InChI=1S/C14H27NO2/c1-3-5-6-11(4-2)10-17-14(16)9-13(15)12-7-8-12/h11-13H,3-10,15H2,1-2H3. The van der Waals surface area contributed by atoms with Crippen molar-refractivity contribution in [1.82, 2.24) is 0 Å². The van der Waals surface area contributed by atoms with E-state index in [1.807, 2.05) is 0 Å². The van der Waals surface area contributed by atoms with E-state index in [9.17, 15) is 4.79 Å². The molecule has 3 nitrogen and oxygen atoms in total. The van der Waals surface area contributed by atoms with Crippen molar-refractivity contribution >= 4 is 5.97 Å². The quantitative estimate of drug-likeness (QED) is 0.631. The van der Waals surface area contributed by atoms with Crippen LogP contribution in [0.2, 0.25) is 0 Å². The molecule has 100 valence electrons. The van der Waals surface area contributed by atoms with Gasteiger partial charge in [-0.3, -0.25) is 4.79 Å². The third-order valence-corrected chi connectivity index (χ3v) is 3.65. The molecule has 0 bridgehead atoms. The third kappa shape index (κ3) is 6.06. The molecular weight excluding hydrogens is 214 g/mol. The van der Waals surface area contributed by atoms with Gasteiger partial charge in [0.05, 0.1) is 13.0 Å². The molecular formula is C14H27NO2. The van der Waals surface area contributed by atoms with Crippen LogP contribution < -0.4 is 5.73 Å². The van der Waals surface area contributed by atoms with Crippen LogP contribution in [-0.4, -0.2) is 18.6 Å². The Morgan fingerprint density at radius 3 is 2.65 bits per heavy atom. The van der Waals surface area contributed by atoms with Crippen LogP contribution in [0, 0.1) is 11.8 Å². The normalized spacial score (nSPS) is 18.8. The van der Waals surface area contributed by atoms with Gasteiger partial charge in [0.25, 0.3) is 0 Å². The van der Waals surface area contributed by atoms with Crippen LogP contribution in [0.3, 0.4) is 0 Å². The van der Waals surface area contributed by atoms with Gasteiger partial charge in [-0.05, 0) is 31.1 Å². The monoisotopic (exact) mass is 241 g/mol. The molecule has 1 aliphatic carbocycles. The second-order valence-electron chi connectivity index (χ2n) is 5.30. The van der Waals surface area contributed by atoms with Crippen LogP contribution in [-0.2, 0) is 9.53 Å². The van der Waals surface area contributed by atoms with Crippen molar-refractivity contribution in [3.8, 4) is 0 Å². The van der Waals surface area contributed by atoms with E-state index < -0.39 is 0 Å². The minimum absolute atomic E-state index is 0.0261. The smallest absolute Gasteiger partial charge is 0.307 e. The molecule has 0 heterocycles. The van der Waals surface area contributed by atoms with Crippen LogP contribution in [0.15, 0.2) is 0 Å². The summed E-state index contributed by atoms with van der Waals surface area (Å²) < 4.78 is 5.32. The lowest BCUT2D eigenvalue weighted by Crippen LogP contribution is -2.27. The van der Waals surface area contributed by atoms with Gasteiger partial charge >= 0.3 is 5.97 Å². The van der Waals surface area contributed by atoms with Crippen LogP contribution in [0.4, 0.5) is 0 Å². The van der Waals surface area contributed by atoms with Crippen molar-refractivity contribution in [3.05, 3.63) is 0 Å². The lowest BCUT2D eigenvalue weighted by molar-refractivity contribution is -0.145. The number of hydrogen-bond acceptors (Lipinski definition) is 3. The maximum absolute atomic E-state index is 11.6. The molecule has 2 atom stereocenters. The molecule has 17 heavy (non-hydrogen) atoms. The second-order valence-corrected chi connectivity index (χ2v) is 5.30. The summed E-state index contributed by atoms with van der Waals surface area (Å²) in [6.45, 7) is 4.92. The highest BCUT2D eigenvalue weighted by Gasteiger charge is 2.30. The summed E-state index contributed by atoms with van der Waals surface area (Å²) in [5.41, 5.74) is 5.90. The van der Waals surface area contributed by atoms with Crippen molar-refractivity contribution in [2.24, 2.45) is 17.6 Å². The highest BCUT2D eigenvalue weighted by molar-refractivity contribution is 5.70. The number of nitrogens with two attached hydrogens (primary N) is 1. The lowest BCUT2D eigenvalue weighted by atomic mass is 10.0. The Hall–Kier alpha value is -0.570.